The van der Waals surface area contributed by atoms with E-state index in [0.29, 0.717) is 5.56 Å². The van der Waals surface area contributed by atoms with E-state index in [9.17, 15) is 19.7 Å². The predicted molar refractivity (Wildman–Crippen MR) is 69.2 cm³/mol. The summed E-state index contributed by atoms with van der Waals surface area (Å²) in [6.45, 7) is -0.321. The van der Waals surface area contributed by atoms with Gasteiger partial charge >= 0.3 is 5.97 Å². The van der Waals surface area contributed by atoms with Gasteiger partial charge in [-0.15, -0.1) is 0 Å². The van der Waals surface area contributed by atoms with E-state index in [4.69, 9.17) is 5.11 Å². The standard InChI is InChI=1S/C13H14N2O5/c16-12(14(8-13(17)18)10-4-5-10)7-9-2-1-3-11(6-9)15(19)20/h1-3,6,10H,4-5,7-8H2,(H,17,18). The van der Waals surface area contributed by atoms with Gasteiger partial charge < -0.3 is 10.0 Å². The normalized spacial score (nSPS) is 13.8. The van der Waals surface area contributed by atoms with Crippen LogP contribution < -0.4 is 0 Å². The molecule has 1 aromatic carbocycles. The zero-order chi connectivity index (χ0) is 14.7. The number of hydrogen-bond acceptors (Lipinski definition) is 4. The quantitative estimate of drug-likeness (QED) is 0.622. The predicted octanol–water partition coefficient (Wildman–Crippen LogP) is 1.21. The van der Waals surface area contributed by atoms with Crippen molar-refractivity contribution in [1.82, 2.24) is 4.90 Å². The van der Waals surface area contributed by atoms with Gasteiger partial charge in [-0.3, -0.25) is 19.7 Å². The van der Waals surface area contributed by atoms with E-state index < -0.39 is 10.9 Å². The number of hydrogen-bond donors (Lipinski definition) is 1. The molecule has 0 saturated heterocycles. The molecule has 106 valence electrons. The minimum atomic E-state index is -1.05. The molecule has 1 aromatic rings. The van der Waals surface area contributed by atoms with Gasteiger partial charge in [0.15, 0.2) is 0 Å². The molecule has 1 N–H and O–H groups in total. The zero-order valence-electron chi connectivity index (χ0n) is 10.7. The fraction of sp³-hybridized carbons (Fsp3) is 0.385. The molecular formula is C13H14N2O5. The second-order valence-electron chi connectivity index (χ2n) is 4.75. The van der Waals surface area contributed by atoms with Gasteiger partial charge in [-0.25, -0.2) is 0 Å². The van der Waals surface area contributed by atoms with Gasteiger partial charge in [0.1, 0.15) is 6.54 Å². The smallest absolute Gasteiger partial charge is 0.323 e. The highest BCUT2D eigenvalue weighted by Crippen LogP contribution is 2.27. The lowest BCUT2D eigenvalue weighted by molar-refractivity contribution is -0.384. The number of carbonyl (C=O) groups excluding carboxylic acids is 1. The third-order valence-electron chi connectivity index (χ3n) is 3.09. The highest BCUT2D eigenvalue weighted by atomic mass is 16.6. The second kappa shape index (κ2) is 5.68. The molecule has 0 radical (unpaired) electrons. The summed E-state index contributed by atoms with van der Waals surface area (Å²) in [5.74, 6) is -1.36. The fourth-order valence-electron chi connectivity index (χ4n) is 2.01. The fourth-order valence-corrected chi connectivity index (χ4v) is 2.01. The summed E-state index contributed by atoms with van der Waals surface area (Å²) in [6, 6.07) is 5.82. The first-order chi connectivity index (χ1) is 9.47. The van der Waals surface area contributed by atoms with E-state index in [-0.39, 0.29) is 30.6 Å². The first-order valence-electron chi connectivity index (χ1n) is 6.22. The Hall–Kier alpha value is -2.44. The van der Waals surface area contributed by atoms with Crippen LogP contribution in [0.15, 0.2) is 24.3 Å². The molecule has 0 bridgehead atoms. The van der Waals surface area contributed by atoms with Gasteiger partial charge in [0, 0.05) is 18.2 Å². The molecule has 1 aliphatic carbocycles. The summed E-state index contributed by atoms with van der Waals surface area (Å²) in [7, 11) is 0. The molecule has 7 heteroatoms. The van der Waals surface area contributed by atoms with Crippen LogP contribution in [0, 0.1) is 10.1 Å². The van der Waals surface area contributed by atoms with Gasteiger partial charge in [-0.1, -0.05) is 12.1 Å². The van der Waals surface area contributed by atoms with E-state index in [1.54, 1.807) is 6.07 Å². The van der Waals surface area contributed by atoms with E-state index in [1.807, 2.05) is 0 Å². The first kappa shape index (κ1) is 14.0. The van der Waals surface area contributed by atoms with Crippen LogP contribution >= 0.6 is 0 Å². The molecule has 1 fully saturated rings. The summed E-state index contributed by atoms with van der Waals surface area (Å²) in [6.07, 6.45) is 1.60. The largest absolute Gasteiger partial charge is 0.480 e. The van der Waals surface area contributed by atoms with Gasteiger partial charge in [0.25, 0.3) is 5.69 Å². The van der Waals surface area contributed by atoms with Crippen molar-refractivity contribution in [2.24, 2.45) is 0 Å². The Labute approximate surface area is 115 Å². The van der Waals surface area contributed by atoms with Gasteiger partial charge in [0.05, 0.1) is 11.3 Å². The molecule has 1 saturated carbocycles. The average Bonchev–Trinajstić information content (AvgIpc) is 3.20. The SMILES string of the molecule is O=C(O)CN(C(=O)Cc1cccc([N+](=O)[O-])c1)C1CC1. The Kier molecular flexibility index (Phi) is 3.97. The number of benzene rings is 1. The molecule has 0 heterocycles. The molecule has 1 aliphatic rings. The van der Waals surface area contributed by atoms with Crippen LogP contribution in [0.5, 0.6) is 0 Å². The van der Waals surface area contributed by atoms with E-state index in [2.05, 4.69) is 0 Å². The molecule has 0 spiro atoms. The number of non-ortho nitro benzene ring substituents is 1. The van der Waals surface area contributed by atoms with Crippen molar-refractivity contribution in [3.8, 4) is 0 Å². The van der Waals surface area contributed by atoms with Crippen molar-refractivity contribution in [3.05, 3.63) is 39.9 Å². The van der Waals surface area contributed by atoms with Crippen molar-refractivity contribution in [2.45, 2.75) is 25.3 Å². The van der Waals surface area contributed by atoms with Crippen LogP contribution in [0.25, 0.3) is 0 Å². The topological polar surface area (TPSA) is 101 Å². The maximum Gasteiger partial charge on any atom is 0.323 e. The molecular weight excluding hydrogens is 264 g/mol. The first-order valence-corrected chi connectivity index (χ1v) is 6.22. The number of carboxylic acids is 1. The summed E-state index contributed by atoms with van der Waals surface area (Å²) in [4.78, 5) is 34.3. The molecule has 2 rings (SSSR count). The van der Waals surface area contributed by atoms with E-state index in [1.165, 1.54) is 23.1 Å². The number of rotatable bonds is 6. The summed E-state index contributed by atoms with van der Waals surface area (Å²) >= 11 is 0. The van der Waals surface area contributed by atoms with Crippen LogP contribution in [0.1, 0.15) is 18.4 Å². The Morgan fingerprint density at radius 1 is 1.40 bits per heavy atom. The van der Waals surface area contributed by atoms with Crippen molar-refractivity contribution >= 4 is 17.6 Å². The number of amides is 1. The second-order valence-corrected chi connectivity index (χ2v) is 4.75. The number of carboxylic acid groups (broad SMARTS) is 1. The Morgan fingerprint density at radius 2 is 2.10 bits per heavy atom. The van der Waals surface area contributed by atoms with Crippen molar-refractivity contribution < 1.29 is 19.6 Å². The number of aliphatic carboxylic acids is 1. The Balaban J connectivity index is 2.07. The average molecular weight is 278 g/mol. The lowest BCUT2D eigenvalue weighted by Crippen LogP contribution is -2.38. The third kappa shape index (κ3) is 3.53. The van der Waals surface area contributed by atoms with Crippen LogP contribution in [0.3, 0.4) is 0 Å². The Bertz CT molecular complexity index is 553. The van der Waals surface area contributed by atoms with Crippen molar-refractivity contribution in [3.63, 3.8) is 0 Å². The monoisotopic (exact) mass is 278 g/mol. The molecule has 0 atom stereocenters. The number of nitro benzene ring substituents is 1. The lowest BCUT2D eigenvalue weighted by Gasteiger charge is -2.20. The number of carbonyl (C=O) groups is 2. The molecule has 7 nitrogen and oxygen atoms in total. The van der Waals surface area contributed by atoms with Gasteiger partial charge in [-0.2, -0.15) is 0 Å². The van der Waals surface area contributed by atoms with Crippen molar-refractivity contribution in [1.29, 1.82) is 0 Å². The third-order valence-corrected chi connectivity index (χ3v) is 3.09. The summed E-state index contributed by atoms with van der Waals surface area (Å²) < 4.78 is 0. The molecule has 20 heavy (non-hydrogen) atoms. The molecule has 0 aromatic heterocycles. The van der Waals surface area contributed by atoms with Crippen LogP contribution in [0.2, 0.25) is 0 Å². The lowest BCUT2D eigenvalue weighted by atomic mass is 10.1. The maximum absolute atomic E-state index is 12.1. The minimum Gasteiger partial charge on any atom is -0.480 e. The highest BCUT2D eigenvalue weighted by molar-refractivity contribution is 5.83. The van der Waals surface area contributed by atoms with E-state index >= 15 is 0 Å². The molecule has 1 amide bonds. The van der Waals surface area contributed by atoms with E-state index in [0.717, 1.165) is 12.8 Å². The molecule has 0 aliphatic heterocycles. The van der Waals surface area contributed by atoms with Crippen molar-refractivity contribution in [2.75, 3.05) is 6.54 Å². The summed E-state index contributed by atoms with van der Waals surface area (Å²) in [5, 5.41) is 19.5. The number of nitrogens with zero attached hydrogens (tertiary/aromatic N) is 2. The highest BCUT2D eigenvalue weighted by Gasteiger charge is 2.33. The van der Waals surface area contributed by atoms with Crippen LogP contribution in [-0.4, -0.2) is 39.4 Å². The van der Waals surface area contributed by atoms with Crippen LogP contribution in [0.4, 0.5) is 5.69 Å². The maximum atomic E-state index is 12.1. The van der Waals surface area contributed by atoms with Gasteiger partial charge in [0.2, 0.25) is 5.91 Å². The zero-order valence-corrected chi connectivity index (χ0v) is 10.7. The minimum absolute atomic E-state index is 0.00250. The Morgan fingerprint density at radius 3 is 2.65 bits per heavy atom. The van der Waals surface area contributed by atoms with Gasteiger partial charge in [-0.05, 0) is 18.4 Å². The molecule has 0 unspecified atom stereocenters. The van der Waals surface area contributed by atoms with Crippen LogP contribution in [-0.2, 0) is 16.0 Å². The number of nitro groups is 1. The summed E-state index contributed by atoms with van der Waals surface area (Å²) in [5.41, 5.74) is 0.437.